The maximum atomic E-state index is 10.6. The molecule has 1 aromatic carbocycles. The maximum absolute atomic E-state index is 10.6. The molecule has 0 spiro atoms. The predicted octanol–water partition coefficient (Wildman–Crippen LogP) is 0.554. The highest BCUT2D eigenvalue weighted by Gasteiger charge is 2.29. The fraction of sp³-hybridized carbons (Fsp3) is 0.571. The van der Waals surface area contributed by atoms with Crippen molar-refractivity contribution in [3.05, 3.63) is 35.9 Å². The number of β-amino-alcohol motifs (C(OH)–C–C–N with tert-alkyl or cyclic N) is 1. The van der Waals surface area contributed by atoms with E-state index in [0.29, 0.717) is 19.7 Å². The van der Waals surface area contributed by atoms with Crippen molar-refractivity contribution in [3.8, 4) is 0 Å². The first-order valence-electron chi connectivity index (χ1n) is 6.44. The van der Waals surface area contributed by atoms with Gasteiger partial charge in [-0.25, -0.2) is 0 Å². The Morgan fingerprint density at radius 2 is 2.17 bits per heavy atom. The molecule has 1 heterocycles. The zero-order valence-electron chi connectivity index (χ0n) is 10.9. The molecule has 4 nitrogen and oxygen atoms in total. The van der Waals surface area contributed by atoms with E-state index in [0.717, 1.165) is 18.7 Å². The van der Waals surface area contributed by atoms with Gasteiger partial charge in [0.25, 0.3) is 0 Å². The average molecular weight is 250 g/mol. The predicted molar refractivity (Wildman–Crippen MR) is 71.2 cm³/mol. The molecule has 2 rings (SSSR count). The van der Waals surface area contributed by atoms with Gasteiger partial charge in [0.05, 0.1) is 18.3 Å². The molecule has 2 unspecified atom stereocenters. The molecule has 1 fully saturated rings. The highest BCUT2D eigenvalue weighted by Crippen LogP contribution is 2.22. The van der Waals surface area contributed by atoms with Gasteiger partial charge in [-0.3, -0.25) is 4.90 Å². The number of benzene rings is 1. The summed E-state index contributed by atoms with van der Waals surface area (Å²) < 4.78 is 5.53. The summed E-state index contributed by atoms with van der Waals surface area (Å²) in [4.78, 5) is 2.22. The van der Waals surface area contributed by atoms with Crippen LogP contribution in [0.4, 0.5) is 0 Å². The van der Waals surface area contributed by atoms with Crippen molar-refractivity contribution in [2.24, 2.45) is 5.73 Å². The summed E-state index contributed by atoms with van der Waals surface area (Å²) in [5.41, 5.74) is 5.74. The zero-order chi connectivity index (χ0) is 13.0. The van der Waals surface area contributed by atoms with Crippen molar-refractivity contribution in [2.45, 2.75) is 18.6 Å². The van der Waals surface area contributed by atoms with Gasteiger partial charge in [0, 0.05) is 26.2 Å². The Kier molecular flexibility index (Phi) is 4.35. The largest absolute Gasteiger partial charge is 0.384 e. The second-order valence-corrected chi connectivity index (χ2v) is 5.10. The fourth-order valence-electron chi connectivity index (χ4n) is 2.39. The third-order valence-corrected chi connectivity index (χ3v) is 3.41. The molecule has 2 atom stereocenters. The minimum absolute atomic E-state index is 0.0883. The molecule has 0 aromatic heterocycles. The van der Waals surface area contributed by atoms with E-state index >= 15 is 0 Å². The van der Waals surface area contributed by atoms with E-state index in [1.807, 2.05) is 37.3 Å². The number of morpholine rings is 1. The van der Waals surface area contributed by atoms with Gasteiger partial charge in [-0.2, -0.15) is 0 Å². The van der Waals surface area contributed by atoms with Gasteiger partial charge in [0.15, 0.2) is 0 Å². The summed E-state index contributed by atoms with van der Waals surface area (Å²) in [5, 5.41) is 10.6. The third-order valence-electron chi connectivity index (χ3n) is 3.41. The van der Waals surface area contributed by atoms with E-state index in [1.165, 1.54) is 0 Å². The van der Waals surface area contributed by atoms with Crippen molar-refractivity contribution in [3.63, 3.8) is 0 Å². The Bertz CT molecular complexity index is 367. The Labute approximate surface area is 108 Å². The molecular formula is C14H22N2O2. The highest BCUT2D eigenvalue weighted by atomic mass is 16.5. The van der Waals surface area contributed by atoms with Crippen LogP contribution >= 0.6 is 0 Å². The number of ether oxygens (including phenoxy) is 1. The first kappa shape index (κ1) is 13.5. The van der Waals surface area contributed by atoms with Gasteiger partial charge in [-0.1, -0.05) is 30.3 Å². The summed E-state index contributed by atoms with van der Waals surface area (Å²) >= 11 is 0. The lowest BCUT2D eigenvalue weighted by atomic mass is 9.95. The van der Waals surface area contributed by atoms with Crippen molar-refractivity contribution in [2.75, 3.05) is 32.8 Å². The molecular weight excluding hydrogens is 228 g/mol. The molecule has 1 saturated heterocycles. The molecule has 1 aliphatic heterocycles. The van der Waals surface area contributed by atoms with Crippen LogP contribution in [0.3, 0.4) is 0 Å². The molecule has 1 aromatic rings. The number of hydrogen-bond acceptors (Lipinski definition) is 4. The van der Waals surface area contributed by atoms with Gasteiger partial charge in [0.1, 0.15) is 0 Å². The topological polar surface area (TPSA) is 58.7 Å². The molecule has 0 bridgehead atoms. The van der Waals surface area contributed by atoms with Gasteiger partial charge >= 0.3 is 0 Å². The fourth-order valence-corrected chi connectivity index (χ4v) is 2.39. The number of hydrogen-bond donors (Lipinski definition) is 2. The summed E-state index contributed by atoms with van der Waals surface area (Å²) in [6, 6.07) is 9.78. The van der Waals surface area contributed by atoms with Crippen molar-refractivity contribution in [1.29, 1.82) is 0 Å². The maximum Gasteiger partial charge on any atom is 0.0994 e. The second-order valence-electron chi connectivity index (χ2n) is 5.10. The minimum Gasteiger partial charge on any atom is -0.384 e. The average Bonchev–Trinajstić information content (AvgIpc) is 2.39. The van der Waals surface area contributed by atoms with Crippen LogP contribution in [0.25, 0.3) is 0 Å². The summed E-state index contributed by atoms with van der Waals surface area (Å²) in [6.45, 7) is 5.32. The molecule has 4 heteroatoms. The van der Waals surface area contributed by atoms with E-state index in [4.69, 9.17) is 10.5 Å². The number of nitrogens with two attached hydrogens (primary N) is 1. The van der Waals surface area contributed by atoms with Gasteiger partial charge in [0.2, 0.25) is 0 Å². The van der Waals surface area contributed by atoms with Crippen LogP contribution < -0.4 is 5.73 Å². The quantitative estimate of drug-likeness (QED) is 0.819. The van der Waals surface area contributed by atoms with Crippen LogP contribution in [0.2, 0.25) is 0 Å². The molecule has 1 aliphatic rings. The monoisotopic (exact) mass is 250 g/mol. The van der Waals surface area contributed by atoms with Crippen LogP contribution in [-0.4, -0.2) is 48.9 Å². The Morgan fingerprint density at radius 1 is 1.44 bits per heavy atom. The van der Waals surface area contributed by atoms with E-state index < -0.39 is 5.60 Å². The van der Waals surface area contributed by atoms with Gasteiger partial charge < -0.3 is 15.6 Å². The van der Waals surface area contributed by atoms with Crippen LogP contribution in [0.15, 0.2) is 30.3 Å². The molecule has 0 aliphatic carbocycles. The highest BCUT2D eigenvalue weighted by molar-refractivity contribution is 5.21. The van der Waals surface area contributed by atoms with Crippen LogP contribution in [0.5, 0.6) is 0 Å². The third kappa shape index (κ3) is 3.29. The second kappa shape index (κ2) is 5.80. The van der Waals surface area contributed by atoms with Gasteiger partial charge in [-0.15, -0.1) is 0 Å². The zero-order valence-corrected chi connectivity index (χ0v) is 10.9. The molecule has 100 valence electrons. The number of aliphatic hydroxyl groups is 1. The van der Waals surface area contributed by atoms with Crippen molar-refractivity contribution < 1.29 is 9.84 Å². The minimum atomic E-state index is -0.836. The molecule has 0 saturated carbocycles. The SMILES string of the molecule is CC(O)(CN1CCOC(CN)C1)c1ccccc1. The van der Waals surface area contributed by atoms with Crippen molar-refractivity contribution >= 4 is 0 Å². The molecule has 18 heavy (non-hydrogen) atoms. The lowest BCUT2D eigenvalue weighted by Gasteiger charge is -2.37. The van der Waals surface area contributed by atoms with E-state index in [1.54, 1.807) is 0 Å². The number of rotatable bonds is 4. The van der Waals surface area contributed by atoms with Crippen molar-refractivity contribution in [1.82, 2.24) is 4.90 Å². The summed E-state index contributed by atoms with van der Waals surface area (Å²) in [5.74, 6) is 0. The van der Waals surface area contributed by atoms with E-state index in [9.17, 15) is 5.11 Å². The standard InChI is InChI=1S/C14H22N2O2/c1-14(17,12-5-3-2-4-6-12)11-16-7-8-18-13(9-15)10-16/h2-6,13,17H,7-11,15H2,1H3. The summed E-state index contributed by atoms with van der Waals surface area (Å²) in [6.07, 6.45) is 0.0883. The van der Waals surface area contributed by atoms with Gasteiger partial charge in [-0.05, 0) is 12.5 Å². The normalized spacial score (nSPS) is 24.7. The molecule has 0 radical (unpaired) electrons. The Morgan fingerprint density at radius 3 is 2.83 bits per heavy atom. The lowest BCUT2D eigenvalue weighted by Crippen LogP contribution is -2.50. The number of nitrogens with zero attached hydrogens (tertiary/aromatic N) is 1. The first-order valence-corrected chi connectivity index (χ1v) is 6.44. The molecule has 3 N–H and O–H groups in total. The van der Waals surface area contributed by atoms with E-state index in [-0.39, 0.29) is 6.10 Å². The lowest BCUT2D eigenvalue weighted by molar-refractivity contribution is -0.0578. The Hall–Kier alpha value is -0.940. The summed E-state index contributed by atoms with van der Waals surface area (Å²) in [7, 11) is 0. The van der Waals surface area contributed by atoms with Crippen LogP contribution in [0, 0.1) is 0 Å². The first-order chi connectivity index (χ1) is 8.62. The Balaban J connectivity index is 1.99. The molecule has 0 amide bonds. The van der Waals surface area contributed by atoms with E-state index in [2.05, 4.69) is 4.90 Å². The smallest absolute Gasteiger partial charge is 0.0994 e. The van der Waals surface area contributed by atoms with Crippen LogP contribution in [-0.2, 0) is 10.3 Å². The van der Waals surface area contributed by atoms with Crippen LogP contribution in [0.1, 0.15) is 12.5 Å².